The molecule has 0 saturated heterocycles. The molecular formula is C14H10ClN3. The molecule has 0 radical (unpaired) electrons. The highest BCUT2D eigenvalue weighted by molar-refractivity contribution is 6.33. The van der Waals surface area contributed by atoms with Gasteiger partial charge in [0.15, 0.2) is 0 Å². The van der Waals surface area contributed by atoms with Crippen molar-refractivity contribution in [3.8, 4) is 22.4 Å². The first kappa shape index (κ1) is 11.0. The van der Waals surface area contributed by atoms with Crippen LogP contribution in [0, 0.1) is 0 Å². The Hall–Kier alpha value is -2.13. The normalized spacial score (nSPS) is 10.5. The number of rotatable bonds is 2. The van der Waals surface area contributed by atoms with E-state index in [0.717, 1.165) is 27.4 Å². The second-order valence-corrected chi connectivity index (χ2v) is 4.27. The van der Waals surface area contributed by atoms with Crippen LogP contribution < -0.4 is 0 Å². The number of hydrogen-bond donors (Lipinski definition) is 1. The molecule has 0 spiro atoms. The van der Waals surface area contributed by atoms with Gasteiger partial charge in [-0.1, -0.05) is 35.9 Å². The summed E-state index contributed by atoms with van der Waals surface area (Å²) in [6.07, 6.45) is 5.34. The Labute approximate surface area is 109 Å². The lowest BCUT2D eigenvalue weighted by molar-refractivity contribution is 1.09. The smallest absolute Gasteiger partial charge is 0.0812 e. The molecule has 3 aromatic rings. The SMILES string of the molecule is Clc1ccccc1-c1cccnc1-c1cn[nH]c1. The lowest BCUT2D eigenvalue weighted by Crippen LogP contribution is -1.88. The van der Waals surface area contributed by atoms with Gasteiger partial charge in [-0.25, -0.2) is 0 Å². The molecule has 0 unspecified atom stereocenters. The lowest BCUT2D eigenvalue weighted by atomic mass is 10.0. The number of nitrogens with zero attached hydrogens (tertiary/aromatic N) is 2. The summed E-state index contributed by atoms with van der Waals surface area (Å²) in [5, 5.41) is 7.47. The molecule has 2 aromatic heterocycles. The van der Waals surface area contributed by atoms with E-state index >= 15 is 0 Å². The molecule has 3 nitrogen and oxygen atoms in total. The molecule has 1 aromatic carbocycles. The maximum atomic E-state index is 6.24. The molecule has 0 amide bonds. The van der Waals surface area contributed by atoms with Gasteiger partial charge in [0.25, 0.3) is 0 Å². The highest BCUT2D eigenvalue weighted by Crippen LogP contribution is 2.33. The van der Waals surface area contributed by atoms with Crippen LogP contribution in [0.25, 0.3) is 22.4 Å². The molecule has 4 heteroatoms. The standard InChI is InChI=1S/C14H10ClN3/c15-13-6-2-1-4-11(13)12-5-3-7-16-14(12)10-8-17-18-9-10/h1-9H,(H,17,18). The zero-order valence-electron chi connectivity index (χ0n) is 9.47. The van der Waals surface area contributed by atoms with E-state index in [2.05, 4.69) is 15.2 Å². The third kappa shape index (κ3) is 1.89. The summed E-state index contributed by atoms with van der Waals surface area (Å²) in [5.74, 6) is 0. The van der Waals surface area contributed by atoms with Crippen LogP contribution in [0.1, 0.15) is 0 Å². The van der Waals surface area contributed by atoms with E-state index in [1.807, 2.05) is 42.6 Å². The summed E-state index contributed by atoms with van der Waals surface area (Å²) in [6, 6.07) is 11.7. The zero-order valence-corrected chi connectivity index (χ0v) is 10.2. The summed E-state index contributed by atoms with van der Waals surface area (Å²) in [5.41, 5.74) is 3.80. The third-order valence-electron chi connectivity index (χ3n) is 2.74. The second-order valence-electron chi connectivity index (χ2n) is 3.87. The van der Waals surface area contributed by atoms with Crippen molar-refractivity contribution in [2.75, 3.05) is 0 Å². The summed E-state index contributed by atoms with van der Waals surface area (Å²) >= 11 is 6.24. The molecule has 2 heterocycles. The Morgan fingerprint density at radius 3 is 2.61 bits per heavy atom. The molecule has 3 rings (SSSR count). The van der Waals surface area contributed by atoms with Crippen LogP contribution in [0.2, 0.25) is 5.02 Å². The van der Waals surface area contributed by atoms with Crippen molar-refractivity contribution in [1.29, 1.82) is 0 Å². The summed E-state index contributed by atoms with van der Waals surface area (Å²) < 4.78 is 0. The monoisotopic (exact) mass is 255 g/mol. The van der Waals surface area contributed by atoms with E-state index in [9.17, 15) is 0 Å². The summed E-state index contributed by atoms with van der Waals surface area (Å²) in [6.45, 7) is 0. The number of aromatic nitrogens is 3. The van der Waals surface area contributed by atoms with E-state index in [1.165, 1.54) is 0 Å². The van der Waals surface area contributed by atoms with Crippen molar-refractivity contribution in [2.45, 2.75) is 0 Å². The van der Waals surface area contributed by atoms with Crippen LogP contribution in [-0.2, 0) is 0 Å². The van der Waals surface area contributed by atoms with Crippen molar-refractivity contribution in [1.82, 2.24) is 15.2 Å². The van der Waals surface area contributed by atoms with Gasteiger partial charge in [-0.15, -0.1) is 0 Å². The maximum absolute atomic E-state index is 6.24. The van der Waals surface area contributed by atoms with Crippen molar-refractivity contribution in [2.24, 2.45) is 0 Å². The molecule has 88 valence electrons. The molecule has 0 bridgehead atoms. The number of H-pyrrole nitrogens is 1. The minimum absolute atomic E-state index is 0.718. The molecule has 0 aliphatic rings. The van der Waals surface area contributed by atoms with Crippen LogP contribution in [0.15, 0.2) is 55.0 Å². The van der Waals surface area contributed by atoms with Gasteiger partial charge in [0, 0.05) is 34.1 Å². The fourth-order valence-electron chi connectivity index (χ4n) is 1.91. The fourth-order valence-corrected chi connectivity index (χ4v) is 2.15. The topological polar surface area (TPSA) is 41.6 Å². The van der Waals surface area contributed by atoms with Gasteiger partial charge in [-0.2, -0.15) is 5.10 Å². The van der Waals surface area contributed by atoms with E-state index in [0.29, 0.717) is 0 Å². The molecule has 0 atom stereocenters. The summed E-state index contributed by atoms with van der Waals surface area (Å²) in [4.78, 5) is 4.42. The van der Waals surface area contributed by atoms with Crippen LogP contribution in [0.4, 0.5) is 0 Å². The van der Waals surface area contributed by atoms with E-state index < -0.39 is 0 Å². The zero-order chi connectivity index (χ0) is 12.4. The maximum Gasteiger partial charge on any atom is 0.0812 e. The summed E-state index contributed by atoms with van der Waals surface area (Å²) in [7, 11) is 0. The largest absolute Gasteiger partial charge is 0.285 e. The first-order valence-corrected chi connectivity index (χ1v) is 5.93. The van der Waals surface area contributed by atoms with Gasteiger partial charge in [0.1, 0.15) is 0 Å². The van der Waals surface area contributed by atoms with Gasteiger partial charge in [0.05, 0.1) is 11.9 Å². The van der Waals surface area contributed by atoms with Gasteiger partial charge in [-0.05, 0) is 12.1 Å². The number of pyridine rings is 1. The molecule has 0 saturated carbocycles. The van der Waals surface area contributed by atoms with Gasteiger partial charge >= 0.3 is 0 Å². The van der Waals surface area contributed by atoms with E-state index in [-0.39, 0.29) is 0 Å². The second kappa shape index (κ2) is 4.63. The molecule has 1 N–H and O–H groups in total. The minimum atomic E-state index is 0.718. The highest BCUT2D eigenvalue weighted by Gasteiger charge is 2.11. The molecule has 18 heavy (non-hydrogen) atoms. The first-order chi connectivity index (χ1) is 8.86. The Kier molecular flexibility index (Phi) is 2.82. The number of aromatic amines is 1. The average molecular weight is 256 g/mol. The Morgan fingerprint density at radius 2 is 1.83 bits per heavy atom. The molecule has 0 aliphatic heterocycles. The average Bonchev–Trinajstić information content (AvgIpc) is 2.93. The molecule has 0 aliphatic carbocycles. The number of hydrogen-bond acceptors (Lipinski definition) is 2. The number of nitrogens with one attached hydrogen (secondary N) is 1. The third-order valence-corrected chi connectivity index (χ3v) is 3.07. The fraction of sp³-hybridized carbons (Fsp3) is 0. The van der Waals surface area contributed by atoms with Crippen LogP contribution in [-0.4, -0.2) is 15.2 Å². The van der Waals surface area contributed by atoms with Crippen molar-refractivity contribution in [3.05, 3.63) is 60.0 Å². The van der Waals surface area contributed by atoms with Gasteiger partial charge in [0.2, 0.25) is 0 Å². The quantitative estimate of drug-likeness (QED) is 0.757. The molecular weight excluding hydrogens is 246 g/mol. The van der Waals surface area contributed by atoms with Crippen LogP contribution in [0.3, 0.4) is 0 Å². The Balaban J connectivity index is 2.22. The predicted molar refractivity (Wildman–Crippen MR) is 72.3 cm³/mol. The lowest BCUT2D eigenvalue weighted by Gasteiger charge is -2.08. The van der Waals surface area contributed by atoms with Crippen molar-refractivity contribution >= 4 is 11.6 Å². The van der Waals surface area contributed by atoms with Crippen molar-refractivity contribution in [3.63, 3.8) is 0 Å². The van der Waals surface area contributed by atoms with Crippen LogP contribution >= 0.6 is 11.6 Å². The van der Waals surface area contributed by atoms with E-state index in [1.54, 1.807) is 12.4 Å². The van der Waals surface area contributed by atoms with Crippen molar-refractivity contribution < 1.29 is 0 Å². The highest BCUT2D eigenvalue weighted by atomic mass is 35.5. The molecule has 0 fully saturated rings. The van der Waals surface area contributed by atoms with E-state index in [4.69, 9.17) is 11.6 Å². The minimum Gasteiger partial charge on any atom is -0.285 e. The first-order valence-electron chi connectivity index (χ1n) is 5.55. The van der Waals surface area contributed by atoms with Crippen LogP contribution in [0.5, 0.6) is 0 Å². The Morgan fingerprint density at radius 1 is 1.00 bits per heavy atom. The van der Waals surface area contributed by atoms with Gasteiger partial charge in [-0.3, -0.25) is 10.1 Å². The van der Waals surface area contributed by atoms with Gasteiger partial charge < -0.3 is 0 Å². The number of benzene rings is 1. The number of halogens is 1. The predicted octanol–water partition coefficient (Wildman–Crippen LogP) is 3.79. The Bertz CT molecular complexity index is 662.